The van der Waals surface area contributed by atoms with Gasteiger partial charge in [-0.15, -0.1) is 0 Å². The maximum absolute atomic E-state index is 14.2. The maximum Gasteiger partial charge on any atom is 0.407 e. The Morgan fingerprint density at radius 2 is 1.95 bits per heavy atom. The van der Waals surface area contributed by atoms with E-state index in [0.29, 0.717) is 29.2 Å². The summed E-state index contributed by atoms with van der Waals surface area (Å²) >= 11 is 0. The number of aromatic nitrogens is 3. The van der Waals surface area contributed by atoms with Crippen LogP contribution in [-0.4, -0.2) is 51.5 Å². The van der Waals surface area contributed by atoms with E-state index in [9.17, 15) is 14.0 Å². The fourth-order valence-corrected chi connectivity index (χ4v) is 3.52. The van der Waals surface area contributed by atoms with Crippen LogP contribution < -0.4 is 15.4 Å². The highest BCUT2D eigenvalue weighted by Gasteiger charge is 2.21. The molecule has 0 unspecified atom stereocenters. The summed E-state index contributed by atoms with van der Waals surface area (Å²) in [5.41, 5.74) is 0.536. The average Bonchev–Trinajstić information content (AvgIpc) is 3.24. The summed E-state index contributed by atoms with van der Waals surface area (Å²) in [6, 6.07) is 5.24. The number of hydrogen-bond acceptors (Lipinski definition) is 8. The van der Waals surface area contributed by atoms with E-state index in [1.165, 1.54) is 22.8 Å². The van der Waals surface area contributed by atoms with Crippen molar-refractivity contribution in [3.05, 3.63) is 53.6 Å². The van der Waals surface area contributed by atoms with Crippen molar-refractivity contribution in [2.45, 2.75) is 65.6 Å². The molecule has 0 fully saturated rings. The summed E-state index contributed by atoms with van der Waals surface area (Å²) in [5.74, 6) is -0.0111. The van der Waals surface area contributed by atoms with Crippen LogP contribution >= 0.6 is 0 Å². The molecule has 2 heterocycles. The Morgan fingerprint density at radius 3 is 2.62 bits per heavy atom. The Morgan fingerprint density at radius 1 is 1.19 bits per heavy atom. The molecule has 3 aromatic rings. The molecule has 3 rings (SSSR count). The van der Waals surface area contributed by atoms with Gasteiger partial charge in [-0.3, -0.25) is 0 Å². The van der Waals surface area contributed by atoms with Crippen LogP contribution in [0.15, 0.2) is 36.7 Å². The number of amides is 1. The van der Waals surface area contributed by atoms with Gasteiger partial charge in [0.25, 0.3) is 0 Å². The van der Waals surface area contributed by atoms with Crippen molar-refractivity contribution >= 4 is 23.5 Å². The molecular weight excluding hydrogens is 481 g/mol. The summed E-state index contributed by atoms with van der Waals surface area (Å²) in [5, 5.41) is 10.2. The summed E-state index contributed by atoms with van der Waals surface area (Å²) in [4.78, 5) is 28.9. The first-order chi connectivity index (χ1) is 17.5. The lowest BCUT2D eigenvalue weighted by Gasteiger charge is -2.24. The van der Waals surface area contributed by atoms with Crippen LogP contribution in [0.25, 0.3) is 5.65 Å². The van der Waals surface area contributed by atoms with E-state index in [-0.39, 0.29) is 24.8 Å². The van der Waals surface area contributed by atoms with Gasteiger partial charge in [0.1, 0.15) is 35.2 Å². The van der Waals surface area contributed by atoms with E-state index in [2.05, 4.69) is 20.7 Å². The smallest absolute Gasteiger partial charge is 0.407 e. The van der Waals surface area contributed by atoms with Crippen LogP contribution in [0.1, 0.15) is 69.9 Å². The largest absolute Gasteiger partial charge is 0.491 e. The second kappa shape index (κ2) is 11.9. The molecule has 10 nitrogen and oxygen atoms in total. The molecule has 1 aromatic carbocycles. The third kappa shape index (κ3) is 7.55. The average molecular weight is 516 g/mol. The van der Waals surface area contributed by atoms with Gasteiger partial charge in [-0.25, -0.2) is 23.5 Å². The highest BCUT2D eigenvalue weighted by molar-refractivity contribution is 5.95. The third-order valence-corrected chi connectivity index (χ3v) is 5.32. The van der Waals surface area contributed by atoms with Gasteiger partial charge >= 0.3 is 12.1 Å². The van der Waals surface area contributed by atoms with E-state index in [4.69, 9.17) is 14.2 Å². The van der Waals surface area contributed by atoms with Gasteiger partial charge in [-0.1, -0.05) is 6.92 Å². The molecule has 200 valence electrons. The van der Waals surface area contributed by atoms with Crippen molar-refractivity contribution in [1.29, 1.82) is 0 Å². The number of carbonyl (C=O) groups is 2. The SMILES string of the molecule is CCOC(=O)c1cnn2ccc(N[C@H](C)c3cc(F)ccc3OC[C@@H](CC)NC(=O)OC(C)(C)C)nc12. The second-order valence-corrected chi connectivity index (χ2v) is 9.47. The number of nitrogens with zero attached hydrogens (tertiary/aromatic N) is 3. The molecule has 37 heavy (non-hydrogen) atoms. The predicted octanol–water partition coefficient (Wildman–Crippen LogP) is 4.90. The molecule has 0 saturated carbocycles. The molecule has 0 aliphatic heterocycles. The topological polar surface area (TPSA) is 116 Å². The number of ether oxygens (including phenoxy) is 3. The van der Waals surface area contributed by atoms with Crippen molar-refractivity contribution in [2.24, 2.45) is 0 Å². The molecular formula is C26H34FN5O5. The number of benzene rings is 1. The summed E-state index contributed by atoms with van der Waals surface area (Å²) in [7, 11) is 0. The van der Waals surface area contributed by atoms with Crippen LogP contribution in [0.2, 0.25) is 0 Å². The second-order valence-electron chi connectivity index (χ2n) is 9.47. The molecule has 2 atom stereocenters. The number of hydrogen-bond donors (Lipinski definition) is 2. The number of alkyl carbamates (subject to hydrolysis) is 1. The Bertz CT molecular complexity index is 1240. The van der Waals surface area contributed by atoms with Crippen LogP contribution in [0.3, 0.4) is 0 Å². The van der Waals surface area contributed by atoms with Crippen molar-refractivity contribution in [1.82, 2.24) is 19.9 Å². The van der Waals surface area contributed by atoms with E-state index in [1.54, 1.807) is 46.0 Å². The molecule has 0 spiro atoms. The summed E-state index contributed by atoms with van der Waals surface area (Å²) < 4.78 is 32.0. The fraction of sp³-hybridized carbons (Fsp3) is 0.462. The maximum atomic E-state index is 14.2. The molecule has 2 N–H and O–H groups in total. The minimum Gasteiger partial charge on any atom is -0.491 e. The molecule has 2 aromatic heterocycles. The van der Waals surface area contributed by atoms with E-state index in [0.717, 1.165) is 0 Å². The van der Waals surface area contributed by atoms with Gasteiger partial charge in [-0.2, -0.15) is 5.10 Å². The quantitative estimate of drug-likeness (QED) is 0.366. The van der Waals surface area contributed by atoms with Crippen molar-refractivity contribution in [3.8, 4) is 5.75 Å². The van der Waals surface area contributed by atoms with Crippen LogP contribution in [0, 0.1) is 5.82 Å². The highest BCUT2D eigenvalue weighted by Crippen LogP contribution is 2.29. The number of rotatable bonds is 10. The van der Waals surface area contributed by atoms with Gasteiger partial charge in [0, 0.05) is 11.8 Å². The highest BCUT2D eigenvalue weighted by atomic mass is 19.1. The molecule has 0 radical (unpaired) electrons. The van der Waals surface area contributed by atoms with Gasteiger partial charge < -0.3 is 24.8 Å². The predicted molar refractivity (Wildman–Crippen MR) is 136 cm³/mol. The zero-order valence-electron chi connectivity index (χ0n) is 22.0. The van der Waals surface area contributed by atoms with Crippen molar-refractivity contribution < 1.29 is 28.2 Å². The van der Waals surface area contributed by atoms with Crippen molar-refractivity contribution in [3.63, 3.8) is 0 Å². The van der Waals surface area contributed by atoms with E-state index < -0.39 is 29.5 Å². The van der Waals surface area contributed by atoms with Crippen LogP contribution in [0.5, 0.6) is 5.75 Å². The molecule has 0 bridgehead atoms. The molecule has 11 heteroatoms. The first-order valence-corrected chi connectivity index (χ1v) is 12.2. The standard InChI is InChI=1S/C26H34FN5O5/c1-7-18(30-25(34)37-26(4,5)6)15-36-21-10-9-17(27)13-19(21)16(3)29-22-11-12-32-23(31-22)20(14-28-32)24(33)35-8-2/h9-14,16,18H,7-8,15H2,1-6H3,(H,29,31)(H,30,34)/t16-,18-/m1/s1. The monoisotopic (exact) mass is 515 g/mol. The number of esters is 1. The molecule has 0 aliphatic carbocycles. The van der Waals surface area contributed by atoms with Gasteiger partial charge in [0.05, 0.1) is 24.9 Å². The number of halogens is 1. The number of nitrogens with one attached hydrogen (secondary N) is 2. The zero-order valence-corrected chi connectivity index (χ0v) is 22.0. The zero-order chi connectivity index (χ0) is 27.2. The van der Waals surface area contributed by atoms with Gasteiger partial charge in [-0.05, 0) is 65.3 Å². The van der Waals surface area contributed by atoms with Gasteiger partial charge in [0.2, 0.25) is 0 Å². The number of fused-ring (bicyclic) bond motifs is 1. The summed E-state index contributed by atoms with van der Waals surface area (Å²) in [6.07, 6.45) is 3.15. The third-order valence-electron chi connectivity index (χ3n) is 5.32. The molecule has 0 aliphatic rings. The van der Waals surface area contributed by atoms with E-state index >= 15 is 0 Å². The minimum absolute atomic E-state index is 0.171. The Hall–Kier alpha value is -3.89. The van der Waals surface area contributed by atoms with Gasteiger partial charge in [0.15, 0.2) is 5.65 Å². The lowest BCUT2D eigenvalue weighted by atomic mass is 10.1. The Balaban J connectivity index is 1.74. The fourth-order valence-electron chi connectivity index (χ4n) is 3.52. The first kappa shape index (κ1) is 27.7. The normalized spacial score (nSPS) is 13.1. The molecule has 1 amide bonds. The Labute approximate surface area is 215 Å². The van der Waals surface area contributed by atoms with Crippen molar-refractivity contribution in [2.75, 3.05) is 18.5 Å². The lowest BCUT2D eigenvalue weighted by Crippen LogP contribution is -2.41. The van der Waals surface area contributed by atoms with E-state index in [1.807, 2.05) is 13.8 Å². The number of anilines is 1. The van der Waals surface area contributed by atoms with Crippen LogP contribution in [0.4, 0.5) is 15.0 Å². The molecule has 0 saturated heterocycles. The first-order valence-electron chi connectivity index (χ1n) is 12.2. The summed E-state index contributed by atoms with van der Waals surface area (Å²) in [6.45, 7) is 11.3. The number of carbonyl (C=O) groups excluding carboxylic acids is 2. The Kier molecular flexibility index (Phi) is 8.90. The van der Waals surface area contributed by atoms with Crippen LogP contribution in [-0.2, 0) is 9.47 Å². The minimum atomic E-state index is -0.612. The lowest BCUT2D eigenvalue weighted by molar-refractivity contribution is 0.0483.